The molecule has 2 nitrogen and oxygen atoms in total. The summed E-state index contributed by atoms with van der Waals surface area (Å²) in [6.07, 6.45) is -3.68. The van der Waals surface area contributed by atoms with Gasteiger partial charge in [0.2, 0.25) is 0 Å². The Morgan fingerprint density at radius 3 is 2.60 bits per heavy atom. The Bertz CT molecular complexity index is 332. The van der Waals surface area contributed by atoms with Gasteiger partial charge in [-0.15, -0.1) is 0 Å². The Kier molecular flexibility index (Phi) is 3.90. The molecule has 0 aliphatic rings. The van der Waals surface area contributed by atoms with Gasteiger partial charge in [-0.2, -0.15) is 8.78 Å². The summed E-state index contributed by atoms with van der Waals surface area (Å²) in [5, 5.41) is 2.14. The third kappa shape index (κ3) is 3.65. The summed E-state index contributed by atoms with van der Waals surface area (Å²) >= 11 is 3.02. The molecule has 1 rings (SSSR count). The number of pyridine rings is 1. The van der Waals surface area contributed by atoms with E-state index in [2.05, 4.69) is 26.2 Å². The van der Waals surface area contributed by atoms with Crippen molar-refractivity contribution in [3.05, 3.63) is 22.8 Å². The van der Waals surface area contributed by atoms with Gasteiger partial charge in [0.15, 0.2) is 0 Å². The average Bonchev–Trinajstić information content (AvgIpc) is 2.15. The Morgan fingerprint density at radius 2 is 2.07 bits per heavy atom. The smallest absolute Gasteiger partial charge is 0.324 e. The fraction of sp³-hybridized carbons (Fsp3) is 0.375. The standard InChI is InChI=1S/C8H7BrF4N2/c9-5-2-1-3-6(15-5)14-4-8(12,13)7(10)11/h1-3,7H,4H2,(H,14,15). The minimum Gasteiger partial charge on any atom is -0.364 e. The van der Waals surface area contributed by atoms with Crippen LogP contribution in [0.25, 0.3) is 0 Å². The molecule has 0 unspecified atom stereocenters. The molecule has 0 fully saturated rings. The van der Waals surface area contributed by atoms with Crippen LogP contribution in [0.15, 0.2) is 22.8 Å². The van der Waals surface area contributed by atoms with Crippen molar-refractivity contribution in [2.75, 3.05) is 11.9 Å². The monoisotopic (exact) mass is 286 g/mol. The van der Waals surface area contributed by atoms with Crippen LogP contribution in [0.3, 0.4) is 0 Å². The van der Waals surface area contributed by atoms with Gasteiger partial charge in [0.05, 0.1) is 6.54 Å². The van der Waals surface area contributed by atoms with Crippen LogP contribution in [0.4, 0.5) is 23.4 Å². The summed E-state index contributed by atoms with van der Waals surface area (Å²) in [5.41, 5.74) is 0. The van der Waals surface area contributed by atoms with E-state index >= 15 is 0 Å². The van der Waals surface area contributed by atoms with Crippen LogP contribution in [0.2, 0.25) is 0 Å². The highest BCUT2D eigenvalue weighted by atomic mass is 79.9. The molecule has 84 valence electrons. The van der Waals surface area contributed by atoms with E-state index in [1.807, 2.05) is 0 Å². The van der Waals surface area contributed by atoms with Gasteiger partial charge >= 0.3 is 12.3 Å². The number of aromatic nitrogens is 1. The van der Waals surface area contributed by atoms with Crippen LogP contribution in [-0.2, 0) is 0 Å². The van der Waals surface area contributed by atoms with Crippen molar-refractivity contribution < 1.29 is 17.6 Å². The molecule has 0 atom stereocenters. The minimum atomic E-state index is -4.05. The summed E-state index contributed by atoms with van der Waals surface area (Å²) < 4.78 is 48.9. The normalized spacial score (nSPS) is 11.9. The maximum atomic E-state index is 12.5. The van der Waals surface area contributed by atoms with Gasteiger partial charge in [0, 0.05) is 0 Å². The van der Waals surface area contributed by atoms with Crippen LogP contribution in [0.5, 0.6) is 0 Å². The highest BCUT2D eigenvalue weighted by Crippen LogP contribution is 2.23. The second kappa shape index (κ2) is 4.78. The van der Waals surface area contributed by atoms with E-state index in [-0.39, 0.29) is 5.82 Å². The summed E-state index contributed by atoms with van der Waals surface area (Å²) in [4.78, 5) is 3.76. The Balaban J connectivity index is 2.57. The topological polar surface area (TPSA) is 24.9 Å². The number of alkyl halides is 4. The van der Waals surface area contributed by atoms with E-state index in [0.29, 0.717) is 4.60 Å². The highest BCUT2D eigenvalue weighted by molar-refractivity contribution is 9.10. The predicted octanol–water partition coefficient (Wildman–Crippen LogP) is 3.16. The predicted molar refractivity (Wildman–Crippen MR) is 51.4 cm³/mol. The number of nitrogens with one attached hydrogen (secondary N) is 1. The molecule has 1 aromatic rings. The molecule has 0 saturated heterocycles. The summed E-state index contributed by atoms with van der Waals surface area (Å²) in [7, 11) is 0. The van der Waals surface area contributed by atoms with Crippen LogP contribution in [0.1, 0.15) is 0 Å². The molecular weight excluding hydrogens is 280 g/mol. The van der Waals surface area contributed by atoms with E-state index < -0.39 is 18.9 Å². The van der Waals surface area contributed by atoms with Gasteiger partial charge in [-0.1, -0.05) is 6.07 Å². The molecule has 1 aromatic heterocycles. The molecule has 0 spiro atoms. The quantitative estimate of drug-likeness (QED) is 0.679. The molecule has 0 aromatic carbocycles. The van der Waals surface area contributed by atoms with Gasteiger partial charge in [-0.25, -0.2) is 13.8 Å². The zero-order valence-electron chi connectivity index (χ0n) is 7.35. The molecule has 0 radical (unpaired) electrons. The van der Waals surface area contributed by atoms with Crippen molar-refractivity contribution in [2.45, 2.75) is 12.3 Å². The first-order valence-corrected chi connectivity index (χ1v) is 4.73. The second-order valence-electron chi connectivity index (χ2n) is 2.76. The van der Waals surface area contributed by atoms with E-state index in [0.717, 1.165) is 0 Å². The zero-order chi connectivity index (χ0) is 11.5. The SMILES string of the molecule is FC(F)C(F)(F)CNc1cccc(Br)n1. The lowest BCUT2D eigenvalue weighted by molar-refractivity contribution is -0.117. The molecule has 15 heavy (non-hydrogen) atoms. The molecule has 7 heteroatoms. The van der Waals surface area contributed by atoms with Crippen molar-refractivity contribution in [3.63, 3.8) is 0 Å². The maximum Gasteiger partial charge on any atom is 0.324 e. The number of nitrogens with zero attached hydrogens (tertiary/aromatic N) is 1. The third-order valence-corrected chi connectivity index (χ3v) is 1.98. The lowest BCUT2D eigenvalue weighted by atomic mass is 10.3. The van der Waals surface area contributed by atoms with Crippen LogP contribution >= 0.6 is 15.9 Å². The van der Waals surface area contributed by atoms with Gasteiger partial charge in [-0.05, 0) is 28.1 Å². The molecule has 0 saturated carbocycles. The van der Waals surface area contributed by atoms with Crippen molar-refractivity contribution in [2.24, 2.45) is 0 Å². The van der Waals surface area contributed by atoms with Crippen LogP contribution in [0, 0.1) is 0 Å². The van der Waals surface area contributed by atoms with Crippen LogP contribution in [-0.4, -0.2) is 23.9 Å². The Labute approximate surface area is 91.8 Å². The summed E-state index contributed by atoms with van der Waals surface area (Å²) in [6, 6.07) is 4.56. The first-order valence-electron chi connectivity index (χ1n) is 3.94. The van der Waals surface area contributed by atoms with Crippen molar-refractivity contribution >= 4 is 21.7 Å². The Morgan fingerprint density at radius 1 is 1.40 bits per heavy atom. The van der Waals surface area contributed by atoms with Crippen LogP contribution < -0.4 is 5.32 Å². The van der Waals surface area contributed by atoms with Gasteiger partial charge < -0.3 is 5.32 Å². The number of anilines is 1. The molecule has 0 bridgehead atoms. The van der Waals surface area contributed by atoms with Gasteiger partial charge in [0.1, 0.15) is 10.4 Å². The lowest BCUT2D eigenvalue weighted by Gasteiger charge is -2.15. The average molecular weight is 287 g/mol. The number of rotatable bonds is 4. The summed E-state index contributed by atoms with van der Waals surface area (Å²) in [5.74, 6) is -3.94. The first kappa shape index (κ1) is 12.2. The zero-order valence-corrected chi connectivity index (χ0v) is 8.94. The molecule has 0 aliphatic carbocycles. The molecular formula is C8H7BrF4N2. The second-order valence-corrected chi connectivity index (χ2v) is 3.57. The third-order valence-electron chi connectivity index (χ3n) is 1.54. The molecule has 0 aliphatic heterocycles. The number of hydrogen-bond donors (Lipinski definition) is 1. The fourth-order valence-electron chi connectivity index (χ4n) is 0.792. The minimum absolute atomic E-state index is 0.115. The Hall–Kier alpha value is -0.850. The lowest BCUT2D eigenvalue weighted by Crippen LogP contribution is -2.35. The van der Waals surface area contributed by atoms with E-state index in [1.165, 1.54) is 6.07 Å². The van der Waals surface area contributed by atoms with E-state index in [1.54, 1.807) is 12.1 Å². The van der Waals surface area contributed by atoms with Gasteiger partial charge in [-0.3, -0.25) is 0 Å². The summed E-state index contributed by atoms with van der Waals surface area (Å²) in [6.45, 7) is -1.14. The van der Waals surface area contributed by atoms with Crippen molar-refractivity contribution in [1.82, 2.24) is 4.98 Å². The molecule has 1 N–H and O–H groups in total. The highest BCUT2D eigenvalue weighted by Gasteiger charge is 2.40. The maximum absolute atomic E-state index is 12.5. The van der Waals surface area contributed by atoms with E-state index in [9.17, 15) is 17.6 Å². The first-order chi connectivity index (χ1) is 6.92. The van der Waals surface area contributed by atoms with Crippen molar-refractivity contribution in [3.8, 4) is 0 Å². The molecule has 1 heterocycles. The number of hydrogen-bond acceptors (Lipinski definition) is 2. The van der Waals surface area contributed by atoms with Crippen molar-refractivity contribution in [1.29, 1.82) is 0 Å². The fourth-order valence-corrected chi connectivity index (χ4v) is 1.14. The number of halogens is 5. The van der Waals surface area contributed by atoms with E-state index in [4.69, 9.17) is 0 Å². The molecule has 0 amide bonds. The van der Waals surface area contributed by atoms with Gasteiger partial charge in [0.25, 0.3) is 0 Å². The largest absolute Gasteiger partial charge is 0.364 e.